The standard InChI is InChI=1S/C11H6F6OS/c12-10(13,14)9(18,11(15,16)17)7-2-1-3-8-6(7)4-5-19-8/h1-5,18H. The van der Waals surface area contributed by atoms with E-state index >= 15 is 0 Å². The van der Waals surface area contributed by atoms with E-state index in [4.69, 9.17) is 0 Å². The predicted molar refractivity (Wildman–Crippen MR) is 57.8 cm³/mol. The molecule has 0 saturated heterocycles. The smallest absolute Gasteiger partial charge is 0.369 e. The lowest BCUT2D eigenvalue weighted by Crippen LogP contribution is -2.54. The molecule has 0 bridgehead atoms. The van der Waals surface area contributed by atoms with Crippen LogP contribution in [-0.4, -0.2) is 17.5 Å². The Bertz CT molecular complexity index is 583. The first-order chi connectivity index (χ1) is 8.59. The molecule has 8 heteroatoms. The molecule has 0 aliphatic carbocycles. The van der Waals surface area contributed by atoms with Gasteiger partial charge in [0.1, 0.15) is 0 Å². The zero-order valence-electron chi connectivity index (χ0n) is 9.01. The molecule has 0 amide bonds. The molecule has 0 fully saturated rings. The van der Waals surface area contributed by atoms with Crippen LogP contribution < -0.4 is 0 Å². The van der Waals surface area contributed by atoms with Gasteiger partial charge in [-0.3, -0.25) is 0 Å². The molecule has 0 radical (unpaired) electrons. The summed E-state index contributed by atoms with van der Waals surface area (Å²) in [6.45, 7) is 0. The van der Waals surface area contributed by atoms with Crippen molar-refractivity contribution in [2.24, 2.45) is 0 Å². The maximum absolute atomic E-state index is 12.8. The van der Waals surface area contributed by atoms with E-state index in [1.54, 1.807) is 0 Å². The van der Waals surface area contributed by atoms with E-state index in [2.05, 4.69) is 0 Å². The van der Waals surface area contributed by atoms with Crippen LogP contribution in [0.3, 0.4) is 0 Å². The Balaban J connectivity index is 2.80. The minimum atomic E-state index is -5.86. The minimum Gasteiger partial charge on any atom is -0.369 e. The largest absolute Gasteiger partial charge is 0.430 e. The van der Waals surface area contributed by atoms with Crippen LogP contribution in [0.25, 0.3) is 10.1 Å². The Morgan fingerprint density at radius 3 is 2.00 bits per heavy atom. The van der Waals surface area contributed by atoms with Gasteiger partial charge in [-0.1, -0.05) is 12.1 Å². The van der Waals surface area contributed by atoms with Crippen molar-refractivity contribution in [3.63, 3.8) is 0 Å². The second-order valence-electron chi connectivity index (χ2n) is 3.84. The van der Waals surface area contributed by atoms with Crippen molar-refractivity contribution in [1.29, 1.82) is 0 Å². The summed E-state index contributed by atoms with van der Waals surface area (Å²) in [5.74, 6) is 0. The third-order valence-corrected chi connectivity index (χ3v) is 3.59. The molecule has 2 rings (SSSR count). The number of hydrogen-bond donors (Lipinski definition) is 1. The number of rotatable bonds is 1. The quantitative estimate of drug-likeness (QED) is 0.782. The van der Waals surface area contributed by atoms with Gasteiger partial charge in [-0.2, -0.15) is 26.3 Å². The van der Waals surface area contributed by atoms with Crippen LogP contribution in [0.5, 0.6) is 0 Å². The van der Waals surface area contributed by atoms with Crippen LogP contribution in [0.15, 0.2) is 29.6 Å². The van der Waals surface area contributed by atoms with Gasteiger partial charge in [0.25, 0.3) is 5.60 Å². The van der Waals surface area contributed by atoms with Crippen molar-refractivity contribution >= 4 is 21.4 Å². The third kappa shape index (κ3) is 1.99. The number of thiophene rings is 1. The highest BCUT2D eigenvalue weighted by Gasteiger charge is 2.71. The molecule has 0 spiro atoms. The summed E-state index contributed by atoms with van der Waals surface area (Å²) in [6.07, 6.45) is -11.7. The van der Waals surface area contributed by atoms with E-state index in [1.807, 2.05) is 0 Å². The first-order valence-corrected chi connectivity index (χ1v) is 5.79. The Hall–Kier alpha value is -1.28. The fourth-order valence-corrected chi connectivity index (χ4v) is 2.59. The van der Waals surface area contributed by atoms with E-state index in [0.29, 0.717) is 6.07 Å². The summed E-state index contributed by atoms with van der Waals surface area (Å²) in [4.78, 5) is 0. The molecule has 0 aliphatic rings. The highest BCUT2D eigenvalue weighted by atomic mass is 32.1. The summed E-state index contributed by atoms with van der Waals surface area (Å²) < 4.78 is 76.8. The van der Waals surface area contributed by atoms with Crippen LogP contribution in [0.1, 0.15) is 5.56 Å². The number of hydrogen-bond acceptors (Lipinski definition) is 2. The average molecular weight is 300 g/mol. The predicted octanol–water partition coefficient (Wildman–Crippen LogP) is 4.21. The van der Waals surface area contributed by atoms with Crippen LogP contribution in [-0.2, 0) is 5.60 Å². The summed E-state index contributed by atoms with van der Waals surface area (Å²) >= 11 is 0.993. The number of alkyl halides is 6. The number of benzene rings is 1. The second-order valence-corrected chi connectivity index (χ2v) is 4.79. The molecule has 0 aliphatic heterocycles. The number of fused-ring (bicyclic) bond motifs is 1. The molecule has 0 atom stereocenters. The first kappa shape index (κ1) is 14.1. The van der Waals surface area contributed by atoms with Gasteiger partial charge >= 0.3 is 12.4 Å². The summed E-state index contributed by atoms with van der Waals surface area (Å²) in [5.41, 5.74) is -6.08. The maximum atomic E-state index is 12.8. The Labute approximate surface area is 107 Å². The van der Waals surface area contributed by atoms with Gasteiger partial charge in [-0.15, -0.1) is 11.3 Å². The molecule has 1 N–H and O–H groups in total. The van der Waals surface area contributed by atoms with Crippen LogP contribution in [0.4, 0.5) is 26.3 Å². The summed E-state index contributed by atoms with van der Waals surface area (Å²) in [7, 11) is 0. The van der Waals surface area contributed by atoms with Crippen molar-refractivity contribution < 1.29 is 31.4 Å². The lowest BCUT2D eigenvalue weighted by atomic mass is 9.90. The van der Waals surface area contributed by atoms with Crippen molar-refractivity contribution in [3.05, 3.63) is 35.2 Å². The molecular weight excluding hydrogens is 294 g/mol. The molecule has 2 aromatic rings. The molecule has 1 aromatic heterocycles. The van der Waals surface area contributed by atoms with Crippen LogP contribution in [0, 0.1) is 0 Å². The van der Waals surface area contributed by atoms with E-state index in [1.165, 1.54) is 11.4 Å². The lowest BCUT2D eigenvalue weighted by Gasteiger charge is -2.33. The molecule has 1 nitrogen and oxygen atoms in total. The van der Waals surface area contributed by atoms with Gasteiger partial charge in [0, 0.05) is 10.3 Å². The van der Waals surface area contributed by atoms with Gasteiger partial charge in [-0.25, -0.2) is 0 Å². The summed E-state index contributed by atoms with van der Waals surface area (Å²) in [6, 6.07) is 4.20. The van der Waals surface area contributed by atoms with Gasteiger partial charge in [0.2, 0.25) is 0 Å². The molecule has 0 saturated carbocycles. The molecular formula is C11H6F6OS. The van der Waals surface area contributed by atoms with Crippen molar-refractivity contribution in [2.45, 2.75) is 18.0 Å². The molecule has 1 aromatic carbocycles. The minimum absolute atomic E-state index is 0.240. The van der Waals surface area contributed by atoms with E-state index in [9.17, 15) is 31.4 Å². The summed E-state index contributed by atoms with van der Waals surface area (Å²) in [5, 5.41) is 10.4. The number of aliphatic hydroxyl groups is 1. The van der Waals surface area contributed by atoms with E-state index < -0.39 is 23.5 Å². The fourth-order valence-electron chi connectivity index (χ4n) is 1.78. The van der Waals surface area contributed by atoms with E-state index in [0.717, 1.165) is 23.5 Å². The van der Waals surface area contributed by atoms with Gasteiger partial charge in [0.05, 0.1) is 0 Å². The normalized spacial score (nSPS) is 14.1. The van der Waals surface area contributed by atoms with Crippen LogP contribution in [0.2, 0.25) is 0 Å². The monoisotopic (exact) mass is 300 g/mol. The highest BCUT2D eigenvalue weighted by molar-refractivity contribution is 7.17. The SMILES string of the molecule is OC(c1cccc2sccc12)(C(F)(F)F)C(F)(F)F. The maximum Gasteiger partial charge on any atom is 0.430 e. The van der Waals surface area contributed by atoms with Crippen molar-refractivity contribution in [1.82, 2.24) is 0 Å². The Kier molecular flexibility index (Phi) is 3.06. The topological polar surface area (TPSA) is 20.2 Å². The Morgan fingerprint density at radius 1 is 0.895 bits per heavy atom. The zero-order valence-corrected chi connectivity index (χ0v) is 9.83. The molecule has 104 valence electrons. The third-order valence-electron chi connectivity index (χ3n) is 2.71. The van der Waals surface area contributed by atoms with Crippen molar-refractivity contribution in [2.75, 3.05) is 0 Å². The van der Waals surface area contributed by atoms with Gasteiger partial charge in [-0.05, 0) is 22.9 Å². The van der Waals surface area contributed by atoms with E-state index in [-0.39, 0.29) is 10.1 Å². The average Bonchev–Trinajstić information content (AvgIpc) is 2.72. The zero-order chi connectivity index (χ0) is 14.5. The molecule has 0 unspecified atom stereocenters. The second kappa shape index (κ2) is 4.11. The Morgan fingerprint density at radius 2 is 1.47 bits per heavy atom. The van der Waals surface area contributed by atoms with Gasteiger partial charge in [0.15, 0.2) is 0 Å². The van der Waals surface area contributed by atoms with Crippen LogP contribution >= 0.6 is 11.3 Å². The lowest BCUT2D eigenvalue weighted by molar-refractivity contribution is -0.375. The van der Waals surface area contributed by atoms with Crippen molar-refractivity contribution in [3.8, 4) is 0 Å². The fraction of sp³-hybridized carbons (Fsp3) is 0.273. The number of halogens is 6. The molecule has 19 heavy (non-hydrogen) atoms. The molecule has 1 heterocycles. The first-order valence-electron chi connectivity index (χ1n) is 4.91. The van der Waals surface area contributed by atoms with Gasteiger partial charge < -0.3 is 5.11 Å². The highest BCUT2D eigenvalue weighted by Crippen LogP contribution is 2.51.